The third kappa shape index (κ3) is 3.94. The first-order valence-corrected chi connectivity index (χ1v) is 7.65. The zero-order valence-corrected chi connectivity index (χ0v) is 13.5. The molecule has 0 atom stereocenters. The van der Waals surface area contributed by atoms with Gasteiger partial charge in [0.1, 0.15) is 24.3 Å². The average molecular weight is 347 g/mol. The zero-order chi connectivity index (χ0) is 18.4. The van der Waals surface area contributed by atoms with Crippen molar-refractivity contribution in [3.8, 4) is 17.4 Å². The van der Waals surface area contributed by atoms with E-state index in [0.717, 1.165) is 5.56 Å². The van der Waals surface area contributed by atoms with Crippen molar-refractivity contribution in [2.45, 2.75) is 6.61 Å². The number of furan rings is 1. The summed E-state index contributed by atoms with van der Waals surface area (Å²) in [4.78, 5) is 15.6. The number of non-ortho nitro benzene ring substituents is 1. The molecule has 0 aliphatic rings. The van der Waals surface area contributed by atoms with E-state index in [1.54, 1.807) is 42.5 Å². The Kier molecular flexibility index (Phi) is 5.05. The Bertz CT molecular complexity index is 1000. The number of hydrogen-bond donors (Lipinski definition) is 0. The molecule has 0 radical (unpaired) electrons. The number of nitro groups is 1. The van der Waals surface area contributed by atoms with Crippen LogP contribution in [0.2, 0.25) is 0 Å². The maximum absolute atomic E-state index is 10.8. The predicted molar refractivity (Wildman–Crippen MR) is 94.3 cm³/mol. The van der Waals surface area contributed by atoms with Crippen molar-refractivity contribution in [1.29, 1.82) is 5.26 Å². The molecule has 0 bridgehead atoms. The molecule has 7 heteroatoms. The van der Waals surface area contributed by atoms with E-state index in [0.29, 0.717) is 22.6 Å². The molecule has 0 amide bonds. The van der Waals surface area contributed by atoms with Crippen molar-refractivity contribution in [3.63, 3.8) is 0 Å². The fraction of sp³-hybridized carbons (Fsp3) is 0.0526. The van der Waals surface area contributed by atoms with E-state index in [1.165, 1.54) is 18.3 Å². The highest BCUT2D eigenvalue weighted by Crippen LogP contribution is 2.25. The van der Waals surface area contributed by atoms with Crippen LogP contribution in [0.3, 0.4) is 0 Å². The van der Waals surface area contributed by atoms with Gasteiger partial charge < -0.3 is 9.25 Å². The van der Waals surface area contributed by atoms with Gasteiger partial charge in [-0.1, -0.05) is 35.5 Å². The highest BCUT2D eigenvalue weighted by atomic mass is 16.6. The predicted octanol–water partition coefficient (Wildman–Crippen LogP) is 4.28. The first-order valence-electron chi connectivity index (χ1n) is 7.65. The first kappa shape index (κ1) is 16.9. The van der Waals surface area contributed by atoms with Gasteiger partial charge in [0, 0.05) is 23.3 Å². The van der Waals surface area contributed by atoms with Gasteiger partial charge in [-0.2, -0.15) is 5.26 Å². The van der Waals surface area contributed by atoms with Crippen LogP contribution >= 0.6 is 0 Å². The van der Waals surface area contributed by atoms with Gasteiger partial charge in [-0.05, 0) is 18.2 Å². The minimum Gasteiger partial charge on any atom is -0.455 e. The number of rotatable bonds is 6. The molecule has 26 heavy (non-hydrogen) atoms. The Labute approximate surface area is 148 Å². The van der Waals surface area contributed by atoms with E-state index >= 15 is 0 Å². The Hall–Kier alpha value is -3.92. The number of hydrogen-bond acceptors (Lipinski definition) is 6. The average Bonchev–Trinajstić information content (AvgIpc) is 3.14. The Morgan fingerprint density at radius 2 is 2.04 bits per heavy atom. The smallest absolute Gasteiger partial charge is 0.270 e. The lowest BCUT2D eigenvalue weighted by molar-refractivity contribution is -0.384. The maximum atomic E-state index is 10.8. The van der Waals surface area contributed by atoms with E-state index in [-0.39, 0.29) is 12.3 Å². The first-order chi connectivity index (χ1) is 12.7. The second-order valence-corrected chi connectivity index (χ2v) is 5.29. The lowest BCUT2D eigenvalue weighted by atomic mass is 10.1. The van der Waals surface area contributed by atoms with Crippen molar-refractivity contribution in [1.82, 2.24) is 0 Å². The van der Waals surface area contributed by atoms with E-state index < -0.39 is 4.92 Å². The van der Waals surface area contributed by atoms with Crippen LogP contribution < -0.4 is 0 Å². The number of nitrogens with zero attached hydrogens (tertiary/aromatic N) is 3. The van der Waals surface area contributed by atoms with Gasteiger partial charge in [-0.25, -0.2) is 0 Å². The maximum Gasteiger partial charge on any atom is 0.270 e. The van der Waals surface area contributed by atoms with E-state index in [4.69, 9.17) is 14.5 Å². The monoisotopic (exact) mass is 347 g/mol. The summed E-state index contributed by atoms with van der Waals surface area (Å²) < 4.78 is 5.60. The molecule has 0 spiro atoms. The zero-order valence-electron chi connectivity index (χ0n) is 13.5. The van der Waals surface area contributed by atoms with Gasteiger partial charge in [0.25, 0.3) is 5.69 Å². The van der Waals surface area contributed by atoms with Crippen molar-refractivity contribution in [3.05, 3.63) is 87.7 Å². The van der Waals surface area contributed by atoms with E-state index in [9.17, 15) is 10.1 Å². The Morgan fingerprint density at radius 3 is 2.85 bits per heavy atom. The summed E-state index contributed by atoms with van der Waals surface area (Å²) >= 11 is 0. The van der Waals surface area contributed by atoms with E-state index in [2.05, 4.69) is 11.2 Å². The minimum absolute atomic E-state index is 0.00592. The number of nitriles is 1. The molecule has 7 nitrogen and oxygen atoms in total. The van der Waals surface area contributed by atoms with E-state index in [1.807, 2.05) is 6.07 Å². The molecule has 0 saturated carbocycles. The standard InChI is InChI=1S/C19H13N3O4/c20-11-15-4-1-2-5-16(15)13-25-21-12-18-8-9-19(26-18)14-6-3-7-17(10-14)22(23)24/h1-10,12H,13H2/b21-12-. The molecular weight excluding hydrogens is 334 g/mol. The molecule has 128 valence electrons. The van der Waals surface area contributed by atoms with Gasteiger partial charge in [-0.3, -0.25) is 10.1 Å². The van der Waals surface area contributed by atoms with Crippen molar-refractivity contribution in [2.24, 2.45) is 5.16 Å². The highest BCUT2D eigenvalue weighted by molar-refractivity contribution is 5.77. The molecule has 0 N–H and O–H groups in total. The molecule has 2 aromatic carbocycles. The fourth-order valence-corrected chi connectivity index (χ4v) is 2.30. The summed E-state index contributed by atoms with van der Waals surface area (Å²) in [6.07, 6.45) is 1.40. The third-order valence-electron chi connectivity index (χ3n) is 3.58. The molecule has 3 aromatic rings. The van der Waals surface area contributed by atoms with Crippen LogP contribution in [0.5, 0.6) is 0 Å². The molecule has 0 saturated heterocycles. The summed E-state index contributed by atoms with van der Waals surface area (Å²) in [5.41, 5.74) is 1.87. The summed E-state index contributed by atoms with van der Waals surface area (Å²) in [7, 11) is 0. The van der Waals surface area contributed by atoms with Gasteiger partial charge in [0.15, 0.2) is 0 Å². The number of oxime groups is 1. The lowest BCUT2D eigenvalue weighted by Crippen LogP contribution is -1.91. The molecular formula is C19H13N3O4. The molecule has 1 aromatic heterocycles. The second-order valence-electron chi connectivity index (χ2n) is 5.29. The molecule has 0 unspecified atom stereocenters. The lowest BCUT2D eigenvalue weighted by Gasteiger charge is -2.01. The summed E-state index contributed by atoms with van der Waals surface area (Å²) in [6.45, 7) is 0.165. The number of nitro benzene ring substituents is 1. The Morgan fingerprint density at radius 1 is 1.19 bits per heavy atom. The third-order valence-corrected chi connectivity index (χ3v) is 3.58. The minimum atomic E-state index is -0.457. The molecule has 3 rings (SSSR count). The van der Waals surface area contributed by atoms with Gasteiger partial charge in [0.05, 0.1) is 16.6 Å². The van der Waals surface area contributed by atoms with Crippen molar-refractivity contribution in [2.75, 3.05) is 0 Å². The second kappa shape index (κ2) is 7.77. The Balaban J connectivity index is 1.65. The highest BCUT2D eigenvalue weighted by Gasteiger charge is 2.09. The number of benzene rings is 2. The quantitative estimate of drug-likeness (QED) is 0.376. The SMILES string of the molecule is N#Cc1ccccc1CO/N=C\c1ccc(-c2cccc([N+](=O)[O-])c2)o1. The summed E-state index contributed by atoms with van der Waals surface area (Å²) in [5.74, 6) is 0.935. The molecule has 1 heterocycles. The van der Waals surface area contributed by atoms with Crippen LogP contribution in [-0.2, 0) is 11.4 Å². The molecule has 0 aliphatic carbocycles. The van der Waals surface area contributed by atoms with Crippen LogP contribution in [-0.4, -0.2) is 11.1 Å². The van der Waals surface area contributed by atoms with Crippen LogP contribution in [0, 0.1) is 21.4 Å². The van der Waals surface area contributed by atoms with Crippen LogP contribution in [0.15, 0.2) is 70.2 Å². The van der Waals surface area contributed by atoms with Crippen molar-refractivity contribution >= 4 is 11.9 Å². The molecule has 0 aliphatic heterocycles. The van der Waals surface area contributed by atoms with Crippen LogP contribution in [0.1, 0.15) is 16.9 Å². The molecule has 0 fully saturated rings. The van der Waals surface area contributed by atoms with Crippen LogP contribution in [0.25, 0.3) is 11.3 Å². The summed E-state index contributed by atoms with van der Waals surface area (Å²) in [6, 6.07) is 18.8. The largest absolute Gasteiger partial charge is 0.455 e. The fourth-order valence-electron chi connectivity index (χ4n) is 2.30. The topological polar surface area (TPSA) is 102 Å². The van der Waals surface area contributed by atoms with Gasteiger partial charge in [0.2, 0.25) is 0 Å². The normalized spacial score (nSPS) is 10.6. The van der Waals surface area contributed by atoms with Gasteiger partial charge in [-0.15, -0.1) is 0 Å². The van der Waals surface area contributed by atoms with Crippen LogP contribution in [0.4, 0.5) is 5.69 Å². The summed E-state index contributed by atoms with van der Waals surface area (Å²) in [5, 5.41) is 23.7. The van der Waals surface area contributed by atoms with Crippen molar-refractivity contribution < 1.29 is 14.2 Å². The van der Waals surface area contributed by atoms with Gasteiger partial charge >= 0.3 is 0 Å².